The smallest absolute Gasteiger partial charge is 0.294 e. The number of carbonyl (C=O) groups is 1. The lowest BCUT2D eigenvalue weighted by Gasteiger charge is -2.33. The summed E-state index contributed by atoms with van der Waals surface area (Å²) >= 11 is 3.46. The molecule has 0 radical (unpaired) electrons. The molecular weight excluding hydrogens is 478 g/mol. The summed E-state index contributed by atoms with van der Waals surface area (Å²) in [7, 11) is 0. The molecule has 0 saturated carbocycles. The van der Waals surface area contributed by atoms with E-state index in [1.807, 2.05) is 66.2 Å². The molecule has 7 nitrogen and oxygen atoms in total. The van der Waals surface area contributed by atoms with Crippen LogP contribution in [0.25, 0.3) is 27.4 Å². The first-order valence-electron chi connectivity index (χ1n) is 11.4. The van der Waals surface area contributed by atoms with E-state index in [1.165, 1.54) is 5.56 Å². The molecule has 0 aliphatic carbocycles. The molecule has 1 aliphatic rings. The van der Waals surface area contributed by atoms with E-state index in [9.17, 15) is 9.59 Å². The molecule has 4 heterocycles. The second-order valence-electron chi connectivity index (χ2n) is 8.78. The number of nitrogens with one attached hydrogen (secondary N) is 1. The quantitative estimate of drug-likeness (QED) is 0.382. The number of aromatic nitrogens is 4. The highest BCUT2D eigenvalue weighted by Crippen LogP contribution is 2.34. The van der Waals surface area contributed by atoms with Crippen LogP contribution in [0, 0.1) is 13.8 Å². The summed E-state index contributed by atoms with van der Waals surface area (Å²) in [6.07, 6.45) is 0. The number of H-pyrrole nitrogens is 1. The number of nitrogens with zero attached hydrogens (tertiary/aromatic N) is 4. The lowest BCUT2D eigenvalue weighted by molar-refractivity contribution is 0.0761. The first kappa shape index (κ1) is 22.1. The van der Waals surface area contributed by atoms with Crippen LogP contribution >= 0.6 is 23.1 Å². The van der Waals surface area contributed by atoms with Gasteiger partial charge in [-0.1, -0.05) is 30.3 Å². The van der Waals surface area contributed by atoms with Gasteiger partial charge in [-0.05, 0) is 54.1 Å². The molecule has 1 aliphatic heterocycles. The summed E-state index contributed by atoms with van der Waals surface area (Å²) < 4.78 is 1.80. The van der Waals surface area contributed by atoms with Crippen LogP contribution in [0.3, 0.4) is 0 Å². The maximum absolute atomic E-state index is 13.6. The number of hydrogen-bond acceptors (Lipinski definition) is 6. The molecule has 1 unspecified atom stereocenters. The zero-order chi connectivity index (χ0) is 24.1. The number of aryl methyl sites for hydroxylation is 2. The van der Waals surface area contributed by atoms with Crippen molar-refractivity contribution in [1.29, 1.82) is 0 Å². The number of fused-ring (bicyclic) bond motifs is 3. The number of rotatable bonds is 3. The molecule has 1 fully saturated rings. The van der Waals surface area contributed by atoms with Gasteiger partial charge in [0, 0.05) is 29.7 Å². The topological polar surface area (TPSA) is 83.4 Å². The number of carbonyl (C=O) groups excluding carboxylic acids is 1. The molecule has 9 heteroatoms. The molecule has 35 heavy (non-hydrogen) atoms. The summed E-state index contributed by atoms with van der Waals surface area (Å²) in [5.41, 5.74) is 5.07. The Labute approximate surface area is 209 Å². The average molecular weight is 502 g/mol. The van der Waals surface area contributed by atoms with Gasteiger partial charge in [0.15, 0.2) is 5.82 Å². The Morgan fingerprint density at radius 3 is 2.69 bits per heavy atom. The van der Waals surface area contributed by atoms with Crippen molar-refractivity contribution in [2.75, 3.05) is 18.8 Å². The van der Waals surface area contributed by atoms with Crippen LogP contribution in [0.1, 0.15) is 32.3 Å². The summed E-state index contributed by atoms with van der Waals surface area (Å²) in [4.78, 5) is 32.3. The first-order chi connectivity index (χ1) is 17.0. The third kappa shape index (κ3) is 3.75. The number of aromatic amines is 1. The highest BCUT2D eigenvalue weighted by molar-refractivity contribution is 7.99. The van der Waals surface area contributed by atoms with Gasteiger partial charge in [-0.2, -0.15) is 11.8 Å². The zero-order valence-corrected chi connectivity index (χ0v) is 20.9. The number of benzene rings is 2. The zero-order valence-electron chi connectivity index (χ0n) is 19.3. The van der Waals surface area contributed by atoms with Gasteiger partial charge in [-0.3, -0.25) is 14.0 Å². The molecule has 3 aromatic heterocycles. The van der Waals surface area contributed by atoms with Crippen molar-refractivity contribution in [3.05, 3.63) is 86.5 Å². The highest BCUT2D eigenvalue weighted by Gasteiger charge is 2.27. The Hall–Kier alpha value is -3.43. The molecule has 2 aromatic carbocycles. The van der Waals surface area contributed by atoms with Gasteiger partial charge in [0.1, 0.15) is 0 Å². The van der Waals surface area contributed by atoms with Gasteiger partial charge in [0.2, 0.25) is 5.65 Å². The van der Waals surface area contributed by atoms with Crippen LogP contribution < -0.4 is 5.56 Å². The van der Waals surface area contributed by atoms with E-state index >= 15 is 0 Å². The fraction of sp³-hybridized carbons (Fsp3) is 0.231. The Morgan fingerprint density at radius 1 is 1.09 bits per heavy atom. The van der Waals surface area contributed by atoms with Gasteiger partial charge in [0.05, 0.1) is 15.9 Å². The van der Waals surface area contributed by atoms with E-state index < -0.39 is 0 Å². The highest BCUT2D eigenvalue weighted by atomic mass is 32.2. The van der Waals surface area contributed by atoms with Crippen molar-refractivity contribution in [1.82, 2.24) is 24.5 Å². The van der Waals surface area contributed by atoms with Crippen LogP contribution in [-0.2, 0) is 0 Å². The van der Waals surface area contributed by atoms with Crippen LogP contribution in [-0.4, -0.2) is 49.2 Å². The van der Waals surface area contributed by atoms with Crippen LogP contribution in [0.4, 0.5) is 0 Å². The van der Waals surface area contributed by atoms with Crippen molar-refractivity contribution in [3.63, 3.8) is 0 Å². The van der Waals surface area contributed by atoms with Crippen molar-refractivity contribution in [2.24, 2.45) is 0 Å². The van der Waals surface area contributed by atoms with Gasteiger partial charge in [0.25, 0.3) is 11.5 Å². The van der Waals surface area contributed by atoms with E-state index in [0.29, 0.717) is 30.0 Å². The van der Waals surface area contributed by atoms with Crippen molar-refractivity contribution in [2.45, 2.75) is 19.1 Å². The van der Waals surface area contributed by atoms with Gasteiger partial charge in [-0.25, -0.2) is 0 Å². The predicted octanol–water partition coefficient (Wildman–Crippen LogP) is 4.85. The van der Waals surface area contributed by atoms with E-state index in [0.717, 1.165) is 27.3 Å². The number of amides is 1. The van der Waals surface area contributed by atoms with Crippen molar-refractivity contribution >= 4 is 45.7 Å². The molecule has 0 spiro atoms. The normalized spacial score (nSPS) is 16.3. The molecule has 1 saturated heterocycles. The van der Waals surface area contributed by atoms with Crippen LogP contribution in [0.2, 0.25) is 0 Å². The monoisotopic (exact) mass is 501 g/mol. The largest absolute Gasteiger partial charge is 0.336 e. The first-order valence-corrected chi connectivity index (χ1v) is 13.4. The third-order valence-corrected chi connectivity index (χ3v) is 8.77. The minimum absolute atomic E-state index is 0.00958. The van der Waals surface area contributed by atoms with Gasteiger partial charge < -0.3 is 9.88 Å². The Balaban J connectivity index is 1.42. The third-order valence-electron chi connectivity index (χ3n) is 6.52. The van der Waals surface area contributed by atoms with E-state index in [4.69, 9.17) is 0 Å². The molecule has 0 bridgehead atoms. The maximum atomic E-state index is 13.6. The summed E-state index contributed by atoms with van der Waals surface area (Å²) in [6, 6.07) is 16.1. The minimum atomic E-state index is -0.328. The lowest BCUT2D eigenvalue weighted by Crippen LogP contribution is -2.39. The van der Waals surface area contributed by atoms with Gasteiger partial charge >= 0.3 is 0 Å². The molecule has 176 valence electrons. The second kappa shape index (κ2) is 8.66. The Morgan fingerprint density at radius 2 is 1.91 bits per heavy atom. The van der Waals surface area contributed by atoms with Crippen molar-refractivity contribution in [3.8, 4) is 10.7 Å². The lowest BCUT2D eigenvalue weighted by atomic mass is 10.0. The van der Waals surface area contributed by atoms with Crippen LogP contribution in [0.15, 0.2) is 58.7 Å². The SMILES string of the molecule is Cc1cc2c(cc1C(=O)N1CCSC(c3ccccc3)C1)[nH]c(=O)c1nnc(-c3sccc3C)n12. The van der Waals surface area contributed by atoms with Crippen LogP contribution in [0.5, 0.6) is 0 Å². The molecule has 1 N–H and O–H groups in total. The van der Waals surface area contributed by atoms with Gasteiger partial charge in [-0.15, -0.1) is 21.5 Å². The van der Waals surface area contributed by atoms with E-state index in [2.05, 4.69) is 27.3 Å². The van der Waals surface area contributed by atoms with E-state index in [-0.39, 0.29) is 22.4 Å². The fourth-order valence-electron chi connectivity index (χ4n) is 4.67. The molecular formula is C26H23N5O2S2. The predicted molar refractivity (Wildman–Crippen MR) is 141 cm³/mol. The molecule has 6 rings (SSSR count). The van der Waals surface area contributed by atoms with Crippen molar-refractivity contribution < 1.29 is 4.79 Å². The summed E-state index contributed by atoms with van der Waals surface area (Å²) in [5.74, 6) is 1.52. The fourth-order valence-corrected chi connectivity index (χ4v) is 6.81. The molecule has 5 aromatic rings. The Kier molecular flexibility index (Phi) is 5.46. The second-order valence-corrected chi connectivity index (χ2v) is 11.0. The summed E-state index contributed by atoms with van der Waals surface area (Å²) in [6.45, 7) is 5.32. The minimum Gasteiger partial charge on any atom is -0.336 e. The van der Waals surface area contributed by atoms with E-state index in [1.54, 1.807) is 21.8 Å². The standard InChI is InChI=1S/C26H23N5O2S2/c1-15-8-10-35-22(15)23-28-29-24-25(32)27-19-13-18(16(2)12-20(19)31(23)24)26(33)30-9-11-34-21(14-30)17-6-4-3-5-7-17/h3-8,10,12-13,21H,9,11,14H2,1-2H3,(H,27,32). The Bertz CT molecular complexity index is 1640. The average Bonchev–Trinajstić information content (AvgIpc) is 3.51. The maximum Gasteiger partial charge on any atom is 0.294 e. The number of thioether (sulfide) groups is 1. The molecule has 1 amide bonds. The number of hydrogen-bond donors (Lipinski definition) is 1. The summed E-state index contributed by atoms with van der Waals surface area (Å²) in [5, 5.41) is 10.8. The number of thiophene rings is 1. The molecule has 1 atom stereocenters.